The van der Waals surface area contributed by atoms with Gasteiger partial charge in [0, 0.05) is 86.9 Å². The van der Waals surface area contributed by atoms with Crippen LogP contribution >= 0.6 is 23.1 Å². The molecule has 3 N–H and O–H groups in total. The molecule has 0 aliphatic carbocycles. The van der Waals surface area contributed by atoms with Gasteiger partial charge in [-0.25, -0.2) is 9.97 Å². The van der Waals surface area contributed by atoms with E-state index in [9.17, 15) is 14.2 Å². The van der Waals surface area contributed by atoms with E-state index in [-0.39, 0.29) is 11.8 Å². The number of nitrogens with one attached hydrogen (secondary N) is 3. The van der Waals surface area contributed by atoms with Crippen LogP contribution in [0.25, 0.3) is 21.9 Å². The molecule has 0 bridgehead atoms. The van der Waals surface area contributed by atoms with Crippen LogP contribution in [0, 0.1) is 0 Å². The van der Waals surface area contributed by atoms with E-state index in [2.05, 4.69) is 81.7 Å². The van der Waals surface area contributed by atoms with E-state index in [0.717, 1.165) is 104 Å². The van der Waals surface area contributed by atoms with E-state index >= 15 is 0 Å². The average Bonchev–Trinajstić information content (AvgIpc) is 3.73. The van der Waals surface area contributed by atoms with Crippen molar-refractivity contribution in [2.24, 2.45) is 0 Å². The number of aromatic nitrogens is 5. The number of aryl methyl sites for hydroxylation is 1. The Balaban J connectivity index is 0.808. The van der Waals surface area contributed by atoms with Crippen LogP contribution in [0.2, 0.25) is 0 Å². The molecule has 3 fully saturated rings. The van der Waals surface area contributed by atoms with Crippen LogP contribution in [0.3, 0.4) is 0 Å². The first-order valence-corrected chi connectivity index (χ1v) is 25.6. The Bertz CT molecular complexity index is 2760. The van der Waals surface area contributed by atoms with Gasteiger partial charge in [0.05, 0.1) is 52.0 Å². The largest absolute Gasteiger partial charge is 0.494 e. The number of hydrogen-bond donors (Lipinski definition) is 3. The standard InChI is InChI=1S/C47H55BrN11O4P/c1-5-30-25-36(53-47-50-27-34(48)45(55-47)52-37-28-49-35-11-7-6-10-33(35)44(37)64(3,4)62)41(63-2)26-40(30)58-19-16-32(17-20-58)57-23-21-56(22-24-57)18-15-31-9-8-12-38-43(31)51-29-59(38)39-13-14-42(60)54-46(39)61/h6-12,25-29,32,39H,5,13-24H2,1-4H3,(H,54,60,61)(H2,50,52,53,55). The highest BCUT2D eigenvalue weighted by molar-refractivity contribution is 9.10. The van der Waals surface area contributed by atoms with E-state index in [4.69, 9.17) is 14.7 Å². The zero-order valence-corrected chi connectivity index (χ0v) is 39.3. The minimum absolute atomic E-state index is 0.210. The smallest absolute Gasteiger partial charge is 0.249 e. The highest BCUT2D eigenvalue weighted by atomic mass is 79.9. The van der Waals surface area contributed by atoms with Crippen molar-refractivity contribution >= 4 is 91.0 Å². The van der Waals surface area contributed by atoms with Crippen LogP contribution in [-0.4, -0.2) is 118 Å². The maximum Gasteiger partial charge on any atom is 0.249 e. The minimum Gasteiger partial charge on any atom is -0.494 e. The molecular weight excluding hydrogens is 893 g/mol. The molecule has 6 aromatic rings. The van der Waals surface area contributed by atoms with Crippen molar-refractivity contribution in [1.82, 2.24) is 39.6 Å². The summed E-state index contributed by atoms with van der Waals surface area (Å²) in [6.07, 6.45) is 9.95. The Morgan fingerprint density at radius 1 is 0.891 bits per heavy atom. The number of hydrogen-bond acceptors (Lipinski definition) is 13. The number of rotatable bonds is 13. The third kappa shape index (κ3) is 9.10. The molecule has 2 amide bonds. The van der Waals surface area contributed by atoms with Gasteiger partial charge in [-0.3, -0.25) is 24.8 Å². The van der Waals surface area contributed by atoms with Crippen LogP contribution < -0.4 is 30.9 Å². The molecular formula is C47H55BrN11O4P. The highest BCUT2D eigenvalue weighted by Gasteiger charge is 2.31. The number of fused-ring (bicyclic) bond motifs is 2. The lowest BCUT2D eigenvalue weighted by Gasteiger charge is -2.43. The van der Waals surface area contributed by atoms with Crippen LogP contribution in [0.4, 0.5) is 28.8 Å². The molecule has 1 unspecified atom stereocenters. The van der Waals surface area contributed by atoms with Crippen molar-refractivity contribution < 1.29 is 18.9 Å². The fourth-order valence-electron chi connectivity index (χ4n) is 9.64. The number of imide groups is 1. The van der Waals surface area contributed by atoms with Crippen molar-refractivity contribution in [1.29, 1.82) is 0 Å². The second kappa shape index (κ2) is 18.6. The maximum atomic E-state index is 13.6. The van der Waals surface area contributed by atoms with Crippen molar-refractivity contribution in [2.75, 3.05) is 81.8 Å². The maximum absolute atomic E-state index is 13.6. The number of para-hydroxylation sites is 2. The molecule has 0 spiro atoms. The van der Waals surface area contributed by atoms with Crippen LogP contribution in [-0.2, 0) is 27.0 Å². The van der Waals surface area contributed by atoms with Crippen molar-refractivity contribution in [3.63, 3.8) is 0 Å². The molecule has 15 nitrogen and oxygen atoms in total. The number of carbonyl (C=O) groups excluding carboxylic acids is 2. The van der Waals surface area contributed by atoms with Gasteiger partial charge in [0.2, 0.25) is 17.8 Å². The Kier molecular flexibility index (Phi) is 12.7. The minimum atomic E-state index is -2.71. The third-order valence-electron chi connectivity index (χ3n) is 13.0. The van der Waals surface area contributed by atoms with Gasteiger partial charge in [0.25, 0.3) is 0 Å². The van der Waals surface area contributed by atoms with E-state index in [0.29, 0.717) is 46.6 Å². The third-order valence-corrected chi connectivity index (χ3v) is 15.1. The van der Waals surface area contributed by atoms with Crippen molar-refractivity contribution in [3.8, 4) is 5.75 Å². The fraction of sp³-hybridized carbons (Fsp3) is 0.404. The number of piperidine rings is 2. The second-order valence-electron chi connectivity index (χ2n) is 17.3. The van der Waals surface area contributed by atoms with E-state index in [1.807, 2.05) is 41.0 Å². The fourth-order valence-corrected chi connectivity index (χ4v) is 11.4. The summed E-state index contributed by atoms with van der Waals surface area (Å²) < 4.78 is 22.1. The molecule has 6 heterocycles. The second-order valence-corrected chi connectivity index (χ2v) is 21.3. The summed E-state index contributed by atoms with van der Waals surface area (Å²) >= 11 is 3.61. The summed E-state index contributed by atoms with van der Waals surface area (Å²) in [5.74, 6) is 1.16. The zero-order valence-electron chi connectivity index (χ0n) is 36.8. The predicted octanol–water partition coefficient (Wildman–Crippen LogP) is 7.25. The van der Waals surface area contributed by atoms with Gasteiger partial charge in [-0.2, -0.15) is 4.98 Å². The van der Waals surface area contributed by atoms with Crippen molar-refractivity contribution in [3.05, 3.63) is 88.9 Å². The highest BCUT2D eigenvalue weighted by Crippen LogP contribution is 2.42. The summed E-state index contributed by atoms with van der Waals surface area (Å²) in [6.45, 7) is 12.8. The lowest BCUT2D eigenvalue weighted by Crippen LogP contribution is -2.53. The lowest BCUT2D eigenvalue weighted by molar-refractivity contribution is -0.135. The number of nitrogens with zero attached hydrogens (tertiary/aromatic N) is 8. The first kappa shape index (κ1) is 43.8. The predicted molar refractivity (Wildman–Crippen MR) is 258 cm³/mol. The Hall–Kier alpha value is -5.41. The summed E-state index contributed by atoms with van der Waals surface area (Å²) in [5, 5.41) is 10.9. The molecule has 64 heavy (non-hydrogen) atoms. The molecule has 3 aliphatic rings. The molecule has 0 saturated carbocycles. The number of piperazine rings is 1. The van der Waals surface area contributed by atoms with E-state index < -0.39 is 13.2 Å². The number of halogens is 1. The van der Waals surface area contributed by atoms with Crippen LogP contribution in [0.15, 0.2) is 77.8 Å². The molecule has 3 aromatic heterocycles. The van der Waals surface area contributed by atoms with Gasteiger partial charge in [0.1, 0.15) is 24.8 Å². The molecule has 3 aromatic carbocycles. The van der Waals surface area contributed by atoms with E-state index in [1.165, 1.54) is 16.8 Å². The number of methoxy groups -OCH3 is 1. The molecule has 334 valence electrons. The number of anilines is 5. The van der Waals surface area contributed by atoms with Gasteiger partial charge in [-0.15, -0.1) is 0 Å². The molecule has 17 heteroatoms. The SMILES string of the molecule is CCc1cc(Nc2ncc(Br)c(Nc3cnc4ccccc4c3P(C)(C)=O)n2)c(OC)cc1N1CCC(N2CCN(CCc3cccc4c3ncn4C3CCC(=O)NC3=O)CC2)CC1. The number of carbonyl (C=O) groups is 2. The topological polar surface area (TPSA) is 163 Å². The Morgan fingerprint density at radius 2 is 1.69 bits per heavy atom. The van der Waals surface area contributed by atoms with Gasteiger partial charge >= 0.3 is 0 Å². The molecule has 0 radical (unpaired) electrons. The summed E-state index contributed by atoms with van der Waals surface area (Å²) in [7, 11) is -1.02. The first-order chi connectivity index (χ1) is 31.0. The molecule has 3 aliphatic heterocycles. The lowest BCUT2D eigenvalue weighted by atomic mass is 9.99. The summed E-state index contributed by atoms with van der Waals surface area (Å²) in [4.78, 5) is 50.8. The molecule has 3 saturated heterocycles. The quantitative estimate of drug-likeness (QED) is 0.0785. The number of ether oxygens (including phenoxy) is 1. The van der Waals surface area contributed by atoms with Gasteiger partial charge in [-0.05, 0) is 90.7 Å². The van der Waals surface area contributed by atoms with E-state index in [1.54, 1.807) is 39.2 Å². The number of amides is 2. The van der Waals surface area contributed by atoms with Crippen LogP contribution in [0.1, 0.15) is 49.8 Å². The number of pyridine rings is 1. The van der Waals surface area contributed by atoms with Gasteiger partial charge in [-0.1, -0.05) is 37.3 Å². The Labute approximate surface area is 381 Å². The Morgan fingerprint density at radius 3 is 2.44 bits per heavy atom. The summed E-state index contributed by atoms with van der Waals surface area (Å²) in [6, 6.07) is 18.4. The molecule has 1 atom stereocenters. The molecule has 9 rings (SSSR count). The van der Waals surface area contributed by atoms with Gasteiger partial charge in [0.15, 0.2) is 0 Å². The zero-order chi connectivity index (χ0) is 44.5. The first-order valence-electron chi connectivity index (χ1n) is 22.2. The number of benzene rings is 3. The number of imidazole rings is 1. The summed E-state index contributed by atoms with van der Waals surface area (Å²) in [5.41, 5.74) is 7.69. The average molecular weight is 949 g/mol. The van der Waals surface area contributed by atoms with Crippen LogP contribution in [0.5, 0.6) is 5.75 Å². The van der Waals surface area contributed by atoms with Crippen molar-refractivity contribution in [2.45, 2.75) is 57.5 Å². The monoisotopic (exact) mass is 947 g/mol. The normalized spacial score (nSPS) is 18.1. The van der Waals surface area contributed by atoms with Gasteiger partial charge < -0.3 is 34.3 Å².